The SMILES string of the molecule is C[C@@H](C(=O)c1ccc(C#CC2=CCC(CNC3CCOCC3)C=C2)cc1)C(C)(C(N)=O)C(=O)C(C)(C)O. The number of aliphatic hydroxyl groups is 1. The third-order valence-corrected chi connectivity index (χ3v) is 7.40. The molecule has 2 aliphatic rings. The van der Waals surface area contributed by atoms with Gasteiger partial charge in [0.1, 0.15) is 11.0 Å². The number of hydrogen-bond acceptors (Lipinski definition) is 6. The minimum atomic E-state index is -1.84. The van der Waals surface area contributed by atoms with Gasteiger partial charge in [0.15, 0.2) is 11.6 Å². The normalized spacial score (nSPS) is 20.7. The first kappa shape index (κ1) is 28.5. The highest BCUT2D eigenvalue weighted by molar-refractivity contribution is 6.13. The summed E-state index contributed by atoms with van der Waals surface area (Å²) >= 11 is 0. The number of primary amides is 1. The van der Waals surface area contributed by atoms with Crippen molar-refractivity contribution in [2.24, 2.45) is 23.0 Å². The van der Waals surface area contributed by atoms with E-state index in [1.54, 1.807) is 24.3 Å². The van der Waals surface area contributed by atoms with Gasteiger partial charge in [-0.1, -0.05) is 49.1 Å². The number of nitrogens with one attached hydrogen (secondary N) is 1. The highest BCUT2D eigenvalue weighted by atomic mass is 16.5. The lowest BCUT2D eigenvalue weighted by atomic mass is 9.67. The van der Waals surface area contributed by atoms with Crippen molar-refractivity contribution in [2.45, 2.75) is 58.6 Å². The van der Waals surface area contributed by atoms with Crippen LogP contribution in [0.3, 0.4) is 0 Å². The van der Waals surface area contributed by atoms with Crippen molar-refractivity contribution >= 4 is 17.5 Å². The van der Waals surface area contributed by atoms with Crippen molar-refractivity contribution in [3.05, 3.63) is 59.2 Å². The number of carbonyl (C=O) groups is 3. The molecule has 2 unspecified atom stereocenters. The lowest BCUT2D eigenvalue weighted by Crippen LogP contribution is -2.55. The van der Waals surface area contributed by atoms with Crippen LogP contribution in [0.5, 0.6) is 0 Å². The van der Waals surface area contributed by atoms with Crippen LogP contribution in [-0.2, 0) is 14.3 Å². The number of allylic oxidation sites excluding steroid dienone is 3. The molecule has 1 aromatic carbocycles. The molecule has 1 amide bonds. The fourth-order valence-corrected chi connectivity index (χ4v) is 4.66. The molecule has 7 nitrogen and oxygen atoms in total. The van der Waals surface area contributed by atoms with Crippen LogP contribution in [0.2, 0.25) is 0 Å². The Labute approximate surface area is 219 Å². The van der Waals surface area contributed by atoms with Gasteiger partial charge in [0.25, 0.3) is 0 Å². The van der Waals surface area contributed by atoms with Crippen LogP contribution in [0.15, 0.2) is 48.1 Å². The van der Waals surface area contributed by atoms with Gasteiger partial charge in [-0.15, -0.1) is 0 Å². The Balaban J connectivity index is 1.60. The van der Waals surface area contributed by atoms with E-state index in [0.29, 0.717) is 17.5 Å². The van der Waals surface area contributed by atoms with Crippen molar-refractivity contribution in [1.29, 1.82) is 0 Å². The second kappa shape index (κ2) is 12.0. The van der Waals surface area contributed by atoms with Crippen LogP contribution in [0.4, 0.5) is 0 Å². The van der Waals surface area contributed by atoms with Crippen LogP contribution in [0.25, 0.3) is 0 Å². The summed E-state index contributed by atoms with van der Waals surface area (Å²) in [5, 5.41) is 13.8. The fourth-order valence-electron chi connectivity index (χ4n) is 4.66. The van der Waals surface area contributed by atoms with E-state index in [1.165, 1.54) is 27.7 Å². The molecule has 3 atom stereocenters. The van der Waals surface area contributed by atoms with E-state index in [9.17, 15) is 19.5 Å². The van der Waals surface area contributed by atoms with Crippen LogP contribution < -0.4 is 11.1 Å². The van der Waals surface area contributed by atoms with Gasteiger partial charge in [0.2, 0.25) is 5.91 Å². The van der Waals surface area contributed by atoms with Gasteiger partial charge >= 0.3 is 0 Å². The lowest BCUT2D eigenvalue weighted by molar-refractivity contribution is -0.152. The second-order valence-corrected chi connectivity index (χ2v) is 10.7. The Morgan fingerprint density at radius 3 is 2.32 bits per heavy atom. The van der Waals surface area contributed by atoms with Crippen molar-refractivity contribution in [1.82, 2.24) is 5.32 Å². The van der Waals surface area contributed by atoms with Crippen molar-refractivity contribution in [2.75, 3.05) is 19.8 Å². The number of nitrogens with two attached hydrogens (primary N) is 1. The van der Waals surface area contributed by atoms with E-state index in [4.69, 9.17) is 10.5 Å². The molecule has 1 saturated heterocycles. The first-order valence-corrected chi connectivity index (χ1v) is 12.9. The quantitative estimate of drug-likeness (QED) is 0.269. The van der Waals surface area contributed by atoms with E-state index < -0.39 is 34.4 Å². The summed E-state index contributed by atoms with van der Waals surface area (Å²) < 4.78 is 5.41. The number of rotatable bonds is 9. The average Bonchev–Trinajstić information content (AvgIpc) is 2.89. The average molecular weight is 507 g/mol. The molecule has 1 heterocycles. The molecule has 1 aliphatic heterocycles. The Morgan fingerprint density at radius 2 is 1.78 bits per heavy atom. The third kappa shape index (κ3) is 7.04. The lowest BCUT2D eigenvalue weighted by Gasteiger charge is -2.34. The van der Waals surface area contributed by atoms with E-state index in [-0.39, 0.29) is 0 Å². The van der Waals surface area contributed by atoms with Crippen LogP contribution in [-0.4, -0.2) is 54.0 Å². The number of hydrogen-bond donors (Lipinski definition) is 3. The monoisotopic (exact) mass is 506 g/mol. The van der Waals surface area contributed by atoms with Crippen LogP contribution >= 0.6 is 0 Å². The summed E-state index contributed by atoms with van der Waals surface area (Å²) in [6.45, 7) is 7.97. The topological polar surface area (TPSA) is 119 Å². The minimum Gasteiger partial charge on any atom is -0.383 e. The highest BCUT2D eigenvalue weighted by Crippen LogP contribution is 2.35. The Morgan fingerprint density at radius 1 is 1.14 bits per heavy atom. The van der Waals surface area contributed by atoms with E-state index in [2.05, 4.69) is 35.4 Å². The Hall–Kier alpha value is -3.05. The van der Waals surface area contributed by atoms with Crippen molar-refractivity contribution in [3.8, 4) is 11.8 Å². The molecule has 0 radical (unpaired) electrons. The van der Waals surface area contributed by atoms with Gasteiger partial charge in [-0.25, -0.2) is 0 Å². The van der Waals surface area contributed by atoms with Gasteiger partial charge in [-0.2, -0.15) is 0 Å². The zero-order valence-corrected chi connectivity index (χ0v) is 22.2. The number of benzene rings is 1. The predicted octanol–water partition coefficient (Wildman–Crippen LogP) is 2.96. The predicted molar refractivity (Wildman–Crippen MR) is 143 cm³/mol. The standard InChI is InChI=1S/C30H38N2O5/c1-20(30(4,28(31)35)27(34)29(2,3)36)26(33)24-13-11-22(12-14-24)6-5-21-7-9-23(10-8-21)19-32-25-15-17-37-18-16-25/h7-9,11-14,20,23,25,32,36H,10,15-19H2,1-4H3,(H2,31,35)/t20-,23?,30?/m0/s1. The maximum atomic E-state index is 13.1. The number of amides is 1. The van der Waals surface area contributed by atoms with E-state index in [1.807, 2.05) is 0 Å². The number of Topliss-reactive ketones (excluding diaryl/α,β-unsaturated/α-hetero) is 2. The van der Waals surface area contributed by atoms with Gasteiger partial charge in [-0.3, -0.25) is 14.4 Å². The number of ketones is 2. The molecule has 37 heavy (non-hydrogen) atoms. The molecular formula is C30H38N2O5. The summed E-state index contributed by atoms with van der Waals surface area (Å²) in [5.41, 5.74) is 3.91. The molecule has 1 aromatic rings. The van der Waals surface area contributed by atoms with Gasteiger partial charge in [-0.05, 0) is 58.1 Å². The third-order valence-electron chi connectivity index (χ3n) is 7.40. The zero-order chi connectivity index (χ0) is 27.2. The molecule has 7 heteroatoms. The molecule has 198 valence electrons. The molecule has 0 spiro atoms. The van der Waals surface area contributed by atoms with E-state index in [0.717, 1.165) is 50.2 Å². The number of ether oxygens (including phenoxy) is 1. The summed E-state index contributed by atoms with van der Waals surface area (Å²) in [5.74, 6) is 3.57. The molecule has 4 N–H and O–H groups in total. The maximum absolute atomic E-state index is 13.1. The molecule has 1 aliphatic carbocycles. The summed E-state index contributed by atoms with van der Waals surface area (Å²) in [6.07, 6.45) is 9.46. The van der Waals surface area contributed by atoms with E-state index >= 15 is 0 Å². The minimum absolute atomic E-state index is 0.339. The first-order valence-electron chi connectivity index (χ1n) is 12.9. The molecule has 0 aromatic heterocycles. The molecule has 0 saturated carbocycles. The van der Waals surface area contributed by atoms with Gasteiger partial charge in [0.05, 0.1) is 0 Å². The molecular weight excluding hydrogens is 468 g/mol. The van der Waals surface area contributed by atoms with Crippen LogP contribution in [0, 0.1) is 29.1 Å². The van der Waals surface area contributed by atoms with Crippen LogP contribution in [0.1, 0.15) is 62.9 Å². The fraction of sp³-hybridized carbons (Fsp3) is 0.500. The Kier molecular flexibility index (Phi) is 9.25. The molecule has 3 rings (SSSR count). The molecule has 0 bridgehead atoms. The maximum Gasteiger partial charge on any atom is 0.231 e. The summed E-state index contributed by atoms with van der Waals surface area (Å²) in [4.78, 5) is 38.1. The van der Waals surface area contributed by atoms with Gasteiger partial charge in [0, 0.05) is 48.4 Å². The summed E-state index contributed by atoms with van der Waals surface area (Å²) in [7, 11) is 0. The van der Waals surface area contributed by atoms with Crippen molar-refractivity contribution in [3.63, 3.8) is 0 Å². The summed E-state index contributed by atoms with van der Waals surface area (Å²) in [6, 6.07) is 7.26. The largest absolute Gasteiger partial charge is 0.383 e. The number of carbonyl (C=O) groups excluding carboxylic acids is 3. The van der Waals surface area contributed by atoms with Crippen molar-refractivity contribution < 1.29 is 24.2 Å². The second-order valence-electron chi connectivity index (χ2n) is 10.7. The van der Waals surface area contributed by atoms with Gasteiger partial charge < -0.3 is 20.9 Å². The highest BCUT2D eigenvalue weighted by Gasteiger charge is 2.52. The zero-order valence-electron chi connectivity index (χ0n) is 22.2. The first-order chi connectivity index (χ1) is 17.4. The molecule has 1 fully saturated rings. The Bertz CT molecular complexity index is 1130. The smallest absolute Gasteiger partial charge is 0.231 e.